The molecular formula is C10H18N4O. The Bertz CT molecular complexity index is 293. The van der Waals surface area contributed by atoms with E-state index in [0.717, 1.165) is 44.2 Å². The van der Waals surface area contributed by atoms with Crippen molar-refractivity contribution >= 4 is 0 Å². The summed E-state index contributed by atoms with van der Waals surface area (Å²) in [6.07, 6.45) is 3.18. The maximum absolute atomic E-state index is 5.27. The molecule has 1 aliphatic heterocycles. The first kappa shape index (κ1) is 10.6. The fraction of sp³-hybridized carbons (Fsp3) is 0.800. The van der Waals surface area contributed by atoms with Crippen LogP contribution in [0.25, 0.3) is 0 Å². The van der Waals surface area contributed by atoms with Gasteiger partial charge in [0.15, 0.2) is 5.82 Å². The smallest absolute Gasteiger partial charge is 0.231 e. The molecule has 0 bridgehead atoms. The summed E-state index contributed by atoms with van der Waals surface area (Å²) < 4.78 is 5.27. The Morgan fingerprint density at radius 3 is 3.27 bits per heavy atom. The first-order valence-corrected chi connectivity index (χ1v) is 5.58. The van der Waals surface area contributed by atoms with Gasteiger partial charge in [0.25, 0.3) is 0 Å². The van der Waals surface area contributed by atoms with Crippen LogP contribution in [0.5, 0.6) is 0 Å². The van der Waals surface area contributed by atoms with Crippen LogP contribution in [-0.4, -0.2) is 36.8 Å². The summed E-state index contributed by atoms with van der Waals surface area (Å²) in [5.74, 6) is 2.02. The maximum Gasteiger partial charge on any atom is 0.231 e. The lowest BCUT2D eigenvalue weighted by Crippen LogP contribution is -2.28. The number of hydrogen-bond acceptors (Lipinski definition) is 5. The molecule has 1 aromatic heterocycles. The molecule has 5 heteroatoms. The predicted octanol–water partition coefficient (Wildman–Crippen LogP) is 0.298. The van der Waals surface area contributed by atoms with Gasteiger partial charge in [-0.15, -0.1) is 0 Å². The van der Waals surface area contributed by atoms with Gasteiger partial charge in [0, 0.05) is 19.5 Å². The highest BCUT2D eigenvalue weighted by Crippen LogP contribution is 2.21. The number of rotatable bonds is 4. The minimum Gasteiger partial charge on any atom is -0.339 e. The van der Waals surface area contributed by atoms with Gasteiger partial charge in [0.1, 0.15) is 0 Å². The van der Waals surface area contributed by atoms with Gasteiger partial charge in [-0.2, -0.15) is 4.98 Å². The van der Waals surface area contributed by atoms with Crippen LogP contribution in [0.3, 0.4) is 0 Å². The summed E-state index contributed by atoms with van der Waals surface area (Å²) in [6, 6.07) is 0. The van der Waals surface area contributed by atoms with Crippen molar-refractivity contribution in [3.05, 3.63) is 11.7 Å². The standard InChI is InChI=1S/C10H18N4O/c1-11-6-4-9-13-10(15-14-9)8-3-2-5-12-7-8/h8,11-12H,2-7H2,1H3. The van der Waals surface area contributed by atoms with Crippen LogP contribution >= 0.6 is 0 Å². The minimum atomic E-state index is 0.412. The van der Waals surface area contributed by atoms with Gasteiger partial charge in [0.2, 0.25) is 5.89 Å². The number of nitrogens with one attached hydrogen (secondary N) is 2. The summed E-state index contributed by atoms with van der Waals surface area (Å²) >= 11 is 0. The second kappa shape index (κ2) is 5.23. The normalized spacial score (nSPS) is 21.8. The summed E-state index contributed by atoms with van der Waals surface area (Å²) in [4.78, 5) is 4.41. The molecule has 0 amide bonds. The molecule has 1 fully saturated rings. The van der Waals surface area contributed by atoms with E-state index in [4.69, 9.17) is 4.52 Å². The number of hydrogen-bond donors (Lipinski definition) is 2. The molecule has 0 aromatic carbocycles. The van der Waals surface area contributed by atoms with Crippen LogP contribution in [0.4, 0.5) is 0 Å². The third-order valence-electron chi connectivity index (χ3n) is 2.73. The van der Waals surface area contributed by atoms with Gasteiger partial charge in [-0.3, -0.25) is 0 Å². The van der Waals surface area contributed by atoms with Gasteiger partial charge in [-0.25, -0.2) is 0 Å². The predicted molar refractivity (Wildman–Crippen MR) is 56.8 cm³/mol. The van der Waals surface area contributed by atoms with Crippen molar-refractivity contribution in [3.63, 3.8) is 0 Å². The fourth-order valence-electron chi connectivity index (χ4n) is 1.83. The fourth-order valence-corrected chi connectivity index (χ4v) is 1.83. The Kier molecular flexibility index (Phi) is 3.69. The second-order valence-electron chi connectivity index (χ2n) is 3.95. The van der Waals surface area contributed by atoms with Crippen molar-refractivity contribution in [3.8, 4) is 0 Å². The Labute approximate surface area is 89.6 Å². The Morgan fingerprint density at radius 1 is 1.60 bits per heavy atom. The number of likely N-dealkylation sites (N-methyl/N-ethyl adjacent to an activating group) is 1. The summed E-state index contributed by atoms with van der Waals surface area (Å²) in [5.41, 5.74) is 0. The van der Waals surface area contributed by atoms with E-state index >= 15 is 0 Å². The zero-order valence-corrected chi connectivity index (χ0v) is 9.12. The molecule has 1 saturated heterocycles. The molecule has 0 radical (unpaired) electrons. The Hall–Kier alpha value is -0.940. The molecule has 0 spiro atoms. The van der Waals surface area contributed by atoms with E-state index < -0.39 is 0 Å². The lowest BCUT2D eigenvalue weighted by Gasteiger charge is -2.18. The van der Waals surface area contributed by atoms with Crippen molar-refractivity contribution in [2.45, 2.75) is 25.2 Å². The zero-order valence-electron chi connectivity index (χ0n) is 9.12. The molecule has 84 valence electrons. The highest BCUT2D eigenvalue weighted by atomic mass is 16.5. The third-order valence-corrected chi connectivity index (χ3v) is 2.73. The summed E-state index contributed by atoms with van der Waals surface area (Å²) in [7, 11) is 1.92. The van der Waals surface area contributed by atoms with Crippen LogP contribution in [0.2, 0.25) is 0 Å². The van der Waals surface area contributed by atoms with E-state index in [9.17, 15) is 0 Å². The van der Waals surface area contributed by atoms with Crippen molar-refractivity contribution in [1.82, 2.24) is 20.8 Å². The van der Waals surface area contributed by atoms with Crippen LogP contribution in [-0.2, 0) is 6.42 Å². The number of nitrogens with zero attached hydrogens (tertiary/aromatic N) is 2. The SMILES string of the molecule is CNCCc1noc(C2CCCNC2)n1. The van der Waals surface area contributed by atoms with Crippen LogP contribution < -0.4 is 10.6 Å². The molecule has 1 atom stereocenters. The average molecular weight is 210 g/mol. The number of aromatic nitrogens is 2. The first-order valence-electron chi connectivity index (χ1n) is 5.58. The monoisotopic (exact) mass is 210 g/mol. The average Bonchev–Trinajstić information content (AvgIpc) is 2.76. The molecule has 2 heterocycles. The van der Waals surface area contributed by atoms with Crippen LogP contribution in [0, 0.1) is 0 Å². The molecule has 5 nitrogen and oxygen atoms in total. The largest absolute Gasteiger partial charge is 0.339 e. The molecular weight excluding hydrogens is 192 g/mol. The molecule has 0 saturated carbocycles. The first-order chi connectivity index (χ1) is 7.40. The van der Waals surface area contributed by atoms with Gasteiger partial charge < -0.3 is 15.2 Å². The molecule has 15 heavy (non-hydrogen) atoms. The van der Waals surface area contributed by atoms with Gasteiger partial charge in [-0.05, 0) is 26.4 Å². The van der Waals surface area contributed by atoms with E-state index in [-0.39, 0.29) is 0 Å². The Morgan fingerprint density at radius 2 is 2.53 bits per heavy atom. The topological polar surface area (TPSA) is 63.0 Å². The second-order valence-corrected chi connectivity index (χ2v) is 3.95. The highest BCUT2D eigenvalue weighted by molar-refractivity contribution is 4.97. The third kappa shape index (κ3) is 2.76. The summed E-state index contributed by atoms with van der Waals surface area (Å²) in [5, 5.41) is 10.4. The molecule has 1 aromatic rings. The highest BCUT2D eigenvalue weighted by Gasteiger charge is 2.20. The quantitative estimate of drug-likeness (QED) is 0.748. The van der Waals surface area contributed by atoms with Crippen molar-refractivity contribution in [2.24, 2.45) is 0 Å². The van der Waals surface area contributed by atoms with E-state index in [0.29, 0.717) is 5.92 Å². The Balaban J connectivity index is 1.93. The minimum absolute atomic E-state index is 0.412. The molecule has 1 aliphatic rings. The zero-order chi connectivity index (χ0) is 10.5. The lowest BCUT2D eigenvalue weighted by molar-refractivity contribution is 0.320. The molecule has 2 N–H and O–H groups in total. The molecule has 1 unspecified atom stereocenters. The van der Waals surface area contributed by atoms with E-state index in [2.05, 4.69) is 20.8 Å². The van der Waals surface area contributed by atoms with E-state index in [1.807, 2.05) is 7.05 Å². The maximum atomic E-state index is 5.27. The van der Waals surface area contributed by atoms with Crippen molar-refractivity contribution in [2.75, 3.05) is 26.7 Å². The van der Waals surface area contributed by atoms with Gasteiger partial charge >= 0.3 is 0 Å². The van der Waals surface area contributed by atoms with Crippen LogP contribution in [0.15, 0.2) is 4.52 Å². The van der Waals surface area contributed by atoms with Crippen molar-refractivity contribution in [1.29, 1.82) is 0 Å². The molecule has 0 aliphatic carbocycles. The van der Waals surface area contributed by atoms with E-state index in [1.165, 1.54) is 6.42 Å². The van der Waals surface area contributed by atoms with Gasteiger partial charge in [-0.1, -0.05) is 5.16 Å². The molecule has 2 rings (SSSR count). The van der Waals surface area contributed by atoms with E-state index in [1.54, 1.807) is 0 Å². The summed E-state index contributed by atoms with van der Waals surface area (Å²) in [6.45, 7) is 2.97. The van der Waals surface area contributed by atoms with Crippen molar-refractivity contribution < 1.29 is 4.52 Å². The van der Waals surface area contributed by atoms with Crippen LogP contribution in [0.1, 0.15) is 30.5 Å². The van der Waals surface area contributed by atoms with Gasteiger partial charge in [0.05, 0.1) is 5.92 Å². The lowest BCUT2D eigenvalue weighted by atomic mass is 10.00. The number of piperidine rings is 1.